The number of halogens is 3. The number of amides is 1. The second-order valence-corrected chi connectivity index (χ2v) is 8.78. The summed E-state index contributed by atoms with van der Waals surface area (Å²) in [6.07, 6.45) is -1.20. The molecule has 34 heavy (non-hydrogen) atoms. The number of piperazine rings is 1. The minimum absolute atomic E-state index is 0.0716. The van der Waals surface area contributed by atoms with Gasteiger partial charge in [0.25, 0.3) is 5.91 Å². The fourth-order valence-corrected chi connectivity index (χ4v) is 4.22. The Hall–Kier alpha value is -3.20. The van der Waals surface area contributed by atoms with Crippen LogP contribution in [0.3, 0.4) is 0 Å². The van der Waals surface area contributed by atoms with E-state index < -0.39 is 11.7 Å². The van der Waals surface area contributed by atoms with Gasteiger partial charge in [-0.05, 0) is 30.0 Å². The minimum atomic E-state index is -4.46. The van der Waals surface area contributed by atoms with E-state index in [1.807, 2.05) is 36.9 Å². The SMILES string of the molecule is CC(C)c1c(C(=O)N2CCN(CCc3ccccc3)CC2)cnn1-c1ccc(C(F)(F)F)cn1. The topological polar surface area (TPSA) is 54.3 Å². The third kappa shape index (κ3) is 5.30. The quantitative estimate of drug-likeness (QED) is 0.535. The number of nitrogens with zero attached hydrogens (tertiary/aromatic N) is 5. The molecule has 0 unspecified atom stereocenters. The average molecular weight is 472 g/mol. The molecule has 1 aliphatic heterocycles. The van der Waals surface area contributed by atoms with Crippen LogP contribution in [0.5, 0.6) is 0 Å². The third-order valence-corrected chi connectivity index (χ3v) is 6.09. The first kappa shape index (κ1) is 23.9. The molecular weight excluding hydrogens is 443 g/mol. The Kier molecular flexibility index (Phi) is 7.02. The number of carbonyl (C=O) groups is 1. The fourth-order valence-electron chi connectivity index (χ4n) is 4.22. The Labute approximate surface area is 197 Å². The van der Waals surface area contributed by atoms with Gasteiger partial charge < -0.3 is 4.90 Å². The zero-order valence-electron chi connectivity index (χ0n) is 19.3. The Morgan fingerprint density at radius 1 is 1.00 bits per heavy atom. The summed E-state index contributed by atoms with van der Waals surface area (Å²) in [4.78, 5) is 21.5. The molecule has 6 nitrogen and oxygen atoms in total. The summed E-state index contributed by atoms with van der Waals surface area (Å²) in [5.41, 5.74) is 1.58. The zero-order chi connectivity index (χ0) is 24.3. The molecule has 0 bridgehead atoms. The first-order valence-electron chi connectivity index (χ1n) is 11.4. The highest BCUT2D eigenvalue weighted by molar-refractivity contribution is 5.95. The monoisotopic (exact) mass is 471 g/mol. The first-order chi connectivity index (χ1) is 16.2. The largest absolute Gasteiger partial charge is 0.417 e. The van der Waals surface area contributed by atoms with Crippen LogP contribution in [-0.2, 0) is 12.6 Å². The van der Waals surface area contributed by atoms with Gasteiger partial charge in [0.2, 0.25) is 0 Å². The molecule has 0 N–H and O–H groups in total. The van der Waals surface area contributed by atoms with Gasteiger partial charge in [0.1, 0.15) is 0 Å². The predicted octanol–water partition coefficient (Wildman–Crippen LogP) is 4.41. The number of benzene rings is 1. The van der Waals surface area contributed by atoms with Crippen molar-refractivity contribution in [3.8, 4) is 5.82 Å². The molecule has 0 aliphatic carbocycles. The molecule has 0 spiro atoms. The van der Waals surface area contributed by atoms with Crippen molar-refractivity contribution in [1.82, 2.24) is 24.6 Å². The van der Waals surface area contributed by atoms with E-state index in [4.69, 9.17) is 0 Å². The lowest BCUT2D eigenvalue weighted by Gasteiger charge is -2.34. The summed E-state index contributed by atoms with van der Waals surface area (Å²) in [6.45, 7) is 7.63. The number of rotatable bonds is 6. The molecule has 1 fully saturated rings. The molecular formula is C25H28F3N5O. The van der Waals surface area contributed by atoms with Crippen LogP contribution in [-0.4, -0.2) is 63.2 Å². The summed E-state index contributed by atoms with van der Waals surface area (Å²) in [5.74, 6) is 0.0729. The van der Waals surface area contributed by atoms with E-state index in [0.29, 0.717) is 24.3 Å². The number of hydrogen-bond acceptors (Lipinski definition) is 4. The number of aromatic nitrogens is 3. The third-order valence-electron chi connectivity index (χ3n) is 6.09. The van der Waals surface area contributed by atoms with Crippen LogP contribution in [0.15, 0.2) is 54.9 Å². The van der Waals surface area contributed by atoms with Crippen molar-refractivity contribution in [2.75, 3.05) is 32.7 Å². The van der Waals surface area contributed by atoms with Gasteiger partial charge in [-0.3, -0.25) is 9.69 Å². The van der Waals surface area contributed by atoms with Gasteiger partial charge in [-0.1, -0.05) is 44.2 Å². The molecule has 0 radical (unpaired) electrons. The summed E-state index contributed by atoms with van der Waals surface area (Å²) >= 11 is 0. The van der Waals surface area contributed by atoms with Gasteiger partial charge in [-0.2, -0.15) is 18.3 Å². The highest BCUT2D eigenvalue weighted by Gasteiger charge is 2.31. The Morgan fingerprint density at radius 3 is 2.29 bits per heavy atom. The highest BCUT2D eigenvalue weighted by atomic mass is 19.4. The number of hydrogen-bond donors (Lipinski definition) is 0. The molecule has 9 heteroatoms. The maximum absolute atomic E-state index is 13.3. The van der Waals surface area contributed by atoms with Crippen LogP contribution in [0.25, 0.3) is 5.82 Å². The van der Waals surface area contributed by atoms with Crippen molar-refractivity contribution in [1.29, 1.82) is 0 Å². The zero-order valence-corrected chi connectivity index (χ0v) is 19.3. The Morgan fingerprint density at radius 2 is 1.71 bits per heavy atom. The van der Waals surface area contributed by atoms with Gasteiger partial charge in [0, 0.05) is 38.9 Å². The molecule has 0 saturated carbocycles. The predicted molar refractivity (Wildman–Crippen MR) is 123 cm³/mol. The van der Waals surface area contributed by atoms with E-state index >= 15 is 0 Å². The highest BCUT2D eigenvalue weighted by Crippen LogP contribution is 2.30. The fraction of sp³-hybridized carbons (Fsp3) is 0.400. The lowest BCUT2D eigenvalue weighted by Crippen LogP contribution is -2.49. The van der Waals surface area contributed by atoms with Gasteiger partial charge in [0.15, 0.2) is 5.82 Å². The van der Waals surface area contributed by atoms with Gasteiger partial charge in [-0.15, -0.1) is 0 Å². The van der Waals surface area contributed by atoms with Crippen LogP contribution in [0.4, 0.5) is 13.2 Å². The number of pyridine rings is 1. The lowest BCUT2D eigenvalue weighted by molar-refractivity contribution is -0.137. The standard InChI is InChI=1S/C25H28F3N5O/c1-18(2)23-21(17-30-33(23)22-9-8-20(16-29-22)25(26,27)28)24(34)32-14-12-31(13-15-32)11-10-19-6-4-3-5-7-19/h3-9,16-18H,10-15H2,1-2H3. The normalized spacial score (nSPS) is 15.2. The lowest BCUT2D eigenvalue weighted by atomic mass is 10.0. The van der Waals surface area contributed by atoms with E-state index in [-0.39, 0.29) is 17.6 Å². The van der Waals surface area contributed by atoms with Crippen molar-refractivity contribution in [3.05, 3.63) is 77.2 Å². The van der Waals surface area contributed by atoms with Crippen LogP contribution in [0, 0.1) is 0 Å². The summed E-state index contributed by atoms with van der Waals surface area (Å²) in [5, 5.41) is 4.31. The van der Waals surface area contributed by atoms with Crippen molar-refractivity contribution < 1.29 is 18.0 Å². The molecule has 0 atom stereocenters. The Balaban J connectivity index is 1.44. The van der Waals surface area contributed by atoms with E-state index in [9.17, 15) is 18.0 Å². The van der Waals surface area contributed by atoms with Crippen molar-refractivity contribution >= 4 is 5.91 Å². The van der Waals surface area contributed by atoms with E-state index in [1.54, 1.807) is 0 Å². The van der Waals surface area contributed by atoms with E-state index in [0.717, 1.165) is 38.3 Å². The van der Waals surface area contributed by atoms with Crippen molar-refractivity contribution in [3.63, 3.8) is 0 Å². The van der Waals surface area contributed by atoms with Gasteiger partial charge >= 0.3 is 6.18 Å². The second-order valence-electron chi connectivity index (χ2n) is 8.78. The van der Waals surface area contributed by atoms with Gasteiger partial charge in [0.05, 0.1) is 23.0 Å². The molecule has 3 heterocycles. The molecule has 1 amide bonds. The molecule has 2 aromatic heterocycles. The number of carbonyl (C=O) groups excluding carboxylic acids is 1. The van der Waals surface area contributed by atoms with Crippen molar-refractivity contribution in [2.45, 2.75) is 32.4 Å². The smallest absolute Gasteiger partial charge is 0.336 e. The van der Waals surface area contributed by atoms with Crippen LogP contribution >= 0.6 is 0 Å². The molecule has 180 valence electrons. The first-order valence-corrected chi connectivity index (χ1v) is 11.4. The summed E-state index contributed by atoms with van der Waals surface area (Å²) < 4.78 is 40.1. The molecule has 4 rings (SSSR count). The summed E-state index contributed by atoms with van der Waals surface area (Å²) in [6, 6.07) is 12.6. The molecule has 1 aliphatic rings. The maximum Gasteiger partial charge on any atom is 0.417 e. The maximum atomic E-state index is 13.3. The second kappa shape index (κ2) is 9.97. The Bertz CT molecular complexity index is 1100. The van der Waals surface area contributed by atoms with E-state index in [2.05, 4.69) is 27.1 Å². The van der Waals surface area contributed by atoms with Gasteiger partial charge in [-0.25, -0.2) is 9.67 Å². The van der Waals surface area contributed by atoms with Crippen LogP contribution in [0.2, 0.25) is 0 Å². The summed E-state index contributed by atoms with van der Waals surface area (Å²) in [7, 11) is 0. The van der Waals surface area contributed by atoms with Crippen molar-refractivity contribution in [2.24, 2.45) is 0 Å². The number of alkyl halides is 3. The minimum Gasteiger partial charge on any atom is -0.336 e. The molecule has 1 aromatic carbocycles. The average Bonchev–Trinajstić information content (AvgIpc) is 3.28. The molecule has 1 saturated heterocycles. The van der Waals surface area contributed by atoms with E-state index in [1.165, 1.54) is 22.5 Å². The molecule has 3 aromatic rings. The van der Waals surface area contributed by atoms with Crippen LogP contribution < -0.4 is 0 Å². The van der Waals surface area contributed by atoms with Crippen LogP contribution in [0.1, 0.15) is 46.9 Å².